The monoisotopic (exact) mass is 352 g/mol. The van der Waals surface area contributed by atoms with Crippen LogP contribution in [0.4, 0.5) is 4.39 Å². The summed E-state index contributed by atoms with van der Waals surface area (Å²) in [6.45, 7) is 1.74. The van der Waals surface area contributed by atoms with Crippen LogP contribution in [-0.4, -0.2) is 20.0 Å². The Morgan fingerprint density at radius 2 is 1.67 bits per heavy atom. The molecule has 0 aliphatic rings. The second-order valence-corrected chi connectivity index (χ2v) is 5.39. The molecule has 2 aromatic rings. The first-order chi connectivity index (χ1) is 9.96. The minimum atomic E-state index is -0.435. The van der Waals surface area contributed by atoms with Crippen LogP contribution in [-0.2, 0) is 0 Å². The van der Waals surface area contributed by atoms with Crippen LogP contribution in [0.15, 0.2) is 34.8 Å². The van der Waals surface area contributed by atoms with Crippen molar-refractivity contribution in [1.82, 2.24) is 0 Å². The molecular weight excluding hydrogens is 339 g/mol. The number of ketones is 1. The maximum atomic E-state index is 13.5. The van der Waals surface area contributed by atoms with E-state index in [-0.39, 0.29) is 5.78 Å². The van der Waals surface area contributed by atoms with Crippen LogP contribution in [0.1, 0.15) is 21.5 Å². The highest BCUT2D eigenvalue weighted by molar-refractivity contribution is 9.10. The van der Waals surface area contributed by atoms with E-state index < -0.39 is 5.82 Å². The van der Waals surface area contributed by atoms with Crippen LogP contribution in [0.25, 0.3) is 0 Å². The first kappa shape index (κ1) is 15.5. The van der Waals surface area contributed by atoms with E-state index in [0.717, 1.165) is 0 Å². The summed E-state index contributed by atoms with van der Waals surface area (Å²) in [5.74, 6) is 0.230. The van der Waals surface area contributed by atoms with Gasteiger partial charge in [0.25, 0.3) is 0 Å². The van der Waals surface area contributed by atoms with Gasteiger partial charge in [-0.25, -0.2) is 4.39 Å². The molecule has 0 heterocycles. The van der Waals surface area contributed by atoms with Crippen LogP contribution in [0.2, 0.25) is 0 Å². The average molecular weight is 353 g/mol. The zero-order valence-corrected chi connectivity index (χ0v) is 13.5. The van der Waals surface area contributed by atoms with Gasteiger partial charge in [0, 0.05) is 15.6 Å². The zero-order valence-electron chi connectivity index (χ0n) is 11.9. The van der Waals surface area contributed by atoms with Gasteiger partial charge in [-0.1, -0.05) is 0 Å². The number of carbonyl (C=O) groups excluding carboxylic acids is 1. The lowest BCUT2D eigenvalue weighted by molar-refractivity contribution is 0.103. The summed E-state index contributed by atoms with van der Waals surface area (Å²) in [5, 5.41) is 0. The van der Waals surface area contributed by atoms with Crippen molar-refractivity contribution < 1.29 is 18.7 Å². The van der Waals surface area contributed by atoms with E-state index in [9.17, 15) is 9.18 Å². The summed E-state index contributed by atoms with van der Waals surface area (Å²) in [7, 11) is 3.01. The van der Waals surface area contributed by atoms with E-state index in [1.54, 1.807) is 25.1 Å². The minimum Gasteiger partial charge on any atom is -0.493 e. The fourth-order valence-corrected chi connectivity index (χ4v) is 2.55. The second-order valence-electron chi connectivity index (χ2n) is 4.53. The molecule has 0 unspecified atom stereocenters. The first-order valence-electron chi connectivity index (χ1n) is 6.19. The van der Waals surface area contributed by atoms with Gasteiger partial charge in [0.05, 0.1) is 14.2 Å². The number of halogens is 2. The predicted molar refractivity (Wildman–Crippen MR) is 81.8 cm³/mol. The fourth-order valence-electron chi connectivity index (χ4n) is 2.05. The van der Waals surface area contributed by atoms with E-state index in [0.29, 0.717) is 32.7 Å². The van der Waals surface area contributed by atoms with E-state index in [1.807, 2.05) is 0 Å². The predicted octanol–water partition coefficient (Wildman–Crippen LogP) is 4.14. The Kier molecular flexibility index (Phi) is 4.63. The van der Waals surface area contributed by atoms with Crippen molar-refractivity contribution in [2.24, 2.45) is 0 Å². The smallest absolute Gasteiger partial charge is 0.194 e. The van der Waals surface area contributed by atoms with E-state index >= 15 is 0 Å². The molecule has 2 rings (SSSR count). The molecule has 5 heteroatoms. The molecule has 21 heavy (non-hydrogen) atoms. The maximum Gasteiger partial charge on any atom is 0.194 e. The molecule has 0 fully saturated rings. The topological polar surface area (TPSA) is 35.5 Å². The van der Waals surface area contributed by atoms with Crippen LogP contribution in [0.5, 0.6) is 11.5 Å². The Morgan fingerprint density at radius 3 is 2.24 bits per heavy atom. The molecule has 0 aliphatic heterocycles. The highest BCUT2D eigenvalue weighted by Gasteiger charge is 2.17. The Morgan fingerprint density at radius 1 is 1.05 bits per heavy atom. The second kappa shape index (κ2) is 6.26. The maximum absolute atomic E-state index is 13.5. The molecule has 0 saturated carbocycles. The Labute approximate surface area is 130 Å². The molecule has 0 N–H and O–H groups in total. The van der Waals surface area contributed by atoms with Gasteiger partial charge in [-0.15, -0.1) is 0 Å². The van der Waals surface area contributed by atoms with Gasteiger partial charge in [0.2, 0.25) is 0 Å². The van der Waals surface area contributed by atoms with Gasteiger partial charge in [0.1, 0.15) is 5.82 Å². The van der Waals surface area contributed by atoms with E-state index in [4.69, 9.17) is 9.47 Å². The van der Waals surface area contributed by atoms with Gasteiger partial charge in [0.15, 0.2) is 17.3 Å². The molecule has 0 atom stereocenters. The largest absolute Gasteiger partial charge is 0.493 e. The average Bonchev–Trinajstić information content (AvgIpc) is 2.45. The number of aryl methyl sites for hydroxylation is 1. The molecule has 0 amide bonds. The van der Waals surface area contributed by atoms with Gasteiger partial charge < -0.3 is 9.47 Å². The molecule has 2 aromatic carbocycles. The quantitative estimate of drug-likeness (QED) is 0.775. The third kappa shape index (κ3) is 3.24. The Bertz CT molecular complexity index is 678. The number of ether oxygens (including phenoxy) is 2. The fraction of sp³-hybridized carbons (Fsp3) is 0.188. The first-order valence-corrected chi connectivity index (χ1v) is 6.99. The lowest BCUT2D eigenvalue weighted by atomic mass is 10.0. The van der Waals surface area contributed by atoms with Crippen LogP contribution >= 0.6 is 15.9 Å². The molecular formula is C16H14BrFO3. The summed E-state index contributed by atoms with van der Waals surface area (Å²) >= 11 is 3.34. The zero-order chi connectivity index (χ0) is 15.6. The molecule has 0 bridgehead atoms. The summed E-state index contributed by atoms with van der Waals surface area (Å²) in [6, 6.07) is 7.47. The number of benzene rings is 2. The SMILES string of the molecule is COc1cc(Br)c(C(=O)c2cc(C)cc(F)c2)cc1OC. The molecule has 0 saturated heterocycles. The van der Waals surface area contributed by atoms with Crippen molar-refractivity contribution in [3.8, 4) is 11.5 Å². The van der Waals surface area contributed by atoms with Crippen LogP contribution in [0.3, 0.4) is 0 Å². The van der Waals surface area contributed by atoms with Crippen LogP contribution in [0, 0.1) is 12.7 Å². The Balaban J connectivity index is 2.52. The summed E-state index contributed by atoms with van der Waals surface area (Å²) in [4.78, 5) is 12.5. The molecule has 0 aliphatic carbocycles. The summed E-state index contributed by atoms with van der Waals surface area (Å²) < 4.78 is 24.4. The van der Waals surface area contributed by atoms with Gasteiger partial charge in [-0.05, 0) is 58.7 Å². The standard InChI is InChI=1S/C16H14BrFO3/c1-9-4-10(6-11(18)5-9)16(19)12-7-14(20-2)15(21-3)8-13(12)17/h4-8H,1-3H3. The number of rotatable bonds is 4. The van der Waals surface area contributed by atoms with Crippen molar-refractivity contribution in [2.75, 3.05) is 14.2 Å². The third-order valence-corrected chi connectivity index (χ3v) is 3.68. The van der Waals surface area contributed by atoms with E-state index in [1.165, 1.54) is 26.4 Å². The Hall–Kier alpha value is -1.88. The molecule has 110 valence electrons. The van der Waals surface area contributed by atoms with Gasteiger partial charge in [-0.2, -0.15) is 0 Å². The highest BCUT2D eigenvalue weighted by atomic mass is 79.9. The van der Waals surface area contributed by atoms with Gasteiger partial charge >= 0.3 is 0 Å². The van der Waals surface area contributed by atoms with Crippen LogP contribution < -0.4 is 9.47 Å². The molecule has 0 radical (unpaired) electrons. The van der Waals surface area contributed by atoms with Crippen molar-refractivity contribution in [1.29, 1.82) is 0 Å². The highest BCUT2D eigenvalue weighted by Crippen LogP contribution is 2.34. The molecule has 3 nitrogen and oxygen atoms in total. The molecule has 0 spiro atoms. The normalized spacial score (nSPS) is 10.3. The lowest BCUT2D eigenvalue weighted by Gasteiger charge is -2.11. The number of hydrogen-bond acceptors (Lipinski definition) is 3. The number of methoxy groups -OCH3 is 2. The third-order valence-electron chi connectivity index (χ3n) is 3.02. The van der Waals surface area contributed by atoms with Crippen molar-refractivity contribution in [2.45, 2.75) is 6.92 Å². The van der Waals surface area contributed by atoms with Gasteiger partial charge in [-0.3, -0.25) is 4.79 Å². The van der Waals surface area contributed by atoms with Crippen molar-refractivity contribution >= 4 is 21.7 Å². The molecule has 0 aromatic heterocycles. The summed E-state index contributed by atoms with van der Waals surface area (Å²) in [5.41, 5.74) is 1.37. The van der Waals surface area contributed by atoms with Crippen molar-refractivity contribution in [3.05, 3.63) is 57.3 Å². The summed E-state index contributed by atoms with van der Waals surface area (Å²) in [6.07, 6.45) is 0. The number of hydrogen-bond donors (Lipinski definition) is 0. The minimum absolute atomic E-state index is 0.287. The van der Waals surface area contributed by atoms with E-state index in [2.05, 4.69) is 15.9 Å². The lowest BCUT2D eigenvalue weighted by Crippen LogP contribution is -2.05. The van der Waals surface area contributed by atoms with Crippen molar-refractivity contribution in [3.63, 3.8) is 0 Å². The number of carbonyl (C=O) groups is 1.